The highest BCUT2D eigenvalue weighted by Crippen LogP contribution is 2.45. The van der Waals surface area contributed by atoms with Crippen LogP contribution in [0.3, 0.4) is 0 Å². The Kier molecular flexibility index (Phi) is 67.7. The fourth-order valence-corrected chi connectivity index (χ4v) is 11.6. The van der Waals surface area contributed by atoms with Gasteiger partial charge in [0.1, 0.15) is 25.4 Å². The van der Waals surface area contributed by atoms with Gasteiger partial charge in [0, 0.05) is 19.3 Å². The first-order valence-corrected chi connectivity index (χ1v) is 40.5. The molecule has 0 aliphatic carbocycles. The summed E-state index contributed by atoms with van der Waals surface area (Å²) >= 11 is 0. The molecule has 5 unspecified atom stereocenters. The SMILES string of the molecule is CCCCC/C=C\C/C=C\C/C=C\C/C=C\CCCCCCCCCC(=O)OCC(O)COP(=O)(O)OCC(O)COP(=O)(O)OCC(COC(=O)CCCCCCC/C=C\C/C=C\C/C=C\C/C=C\CCCCC)OC(=O)CCCCCCCCCCCCCCCCC. The van der Waals surface area contributed by atoms with E-state index in [4.69, 9.17) is 32.3 Å². The lowest BCUT2D eigenvalue weighted by Crippen LogP contribution is -2.30. The van der Waals surface area contributed by atoms with E-state index in [0.717, 1.165) is 141 Å². The molecule has 0 spiro atoms. The summed E-state index contributed by atoms with van der Waals surface area (Å²) < 4.78 is 61.1. The molecule has 95 heavy (non-hydrogen) atoms. The van der Waals surface area contributed by atoms with Crippen molar-refractivity contribution in [3.63, 3.8) is 0 Å². The number of rotatable bonds is 71. The van der Waals surface area contributed by atoms with Crippen molar-refractivity contribution in [2.24, 2.45) is 0 Å². The highest BCUT2D eigenvalue weighted by atomic mass is 31.2. The number of hydrogen-bond acceptors (Lipinski definition) is 14. The molecule has 550 valence electrons. The zero-order chi connectivity index (χ0) is 69.5. The first kappa shape index (κ1) is 91.5. The third-order valence-corrected chi connectivity index (χ3v) is 17.7. The molecule has 0 fully saturated rings. The van der Waals surface area contributed by atoms with E-state index in [-0.39, 0.29) is 19.3 Å². The van der Waals surface area contributed by atoms with Gasteiger partial charge in [0.25, 0.3) is 0 Å². The van der Waals surface area contributed by atoms with Gasteiger partial charge in [-0.25, -0.2) is 9.13 Å². The van der Waals surface area contributed by atoms with E-state index in [1.807, 2.05) is 0 Å². The quantitative estimate of drug-likeness (QED) is 0.0146. The molecule has 0 radical (unpaired) electrons. The molecule has 16 nitrogen and oxygen atoms in total. The van der Waals surface area contributed by atoms with Gasteiger partial charge in [0.2, 0.25) is 0 Å². The predicted octanol–water partition coefficient (Wildman–Crippen LogP) is 21.4. The normalized spacial score (nSPS) is 14.6. The van der Waals surface area contributed by atoms with Gasteiger partial charge >= 0.3 is 33.6 Å². The van der Waals surface area contributed by atoms with Crippen LogP contribution < -0.4 is 0 Å². The molecule has 5 atom stereocenters. The molecule has 18 heteroatoms. The first-order chi connectivity index (χ1) is 46.2. The highest BCUT2D eigenvalue weighted by molar-refractivity contribution is 7.47. The number of phosphoric ester groups is 2. The molecule has 0 bridgehead atoms. The molecule has 4 N–H and O–H groups in total. The molecule has 0 aliphatic rings. The fraction of sp³-hybridized carbons (Fsp3) is 0.753. The van der Waals surface area contributed by atoms with Crippen LogP contribution in [0.15, 0.2) is 97.2 Å². The lowest BCUT2D eigenvalue weighted by Gasteiger charge is -2.21. The average Bonchev–Trinajstić information content (AvgIpc) is 1.93. The lowest BCUT2D eigenvalue weighted by atomic mass is 10.0. The number of ether oxygens (including phenoxy) is 3. The van der Waals surface area contributed by atoms with Crippen molar-refractivity contribution in [1.29, 1.82) is 0 Å². The summed E-state index contributed by atoms with van der Waals surface area (Å²) in [7, 11) is -9.79. The highest BCUT2D eigenvalue weighted by Gasteiger charge is 2.29. The molecule has 0 aromatic carbocycles. The Morgan fingerprint density at radius 3 is 0.853 bits per heavy atom. The van der Waals surface area contributed by atoms with Crippen LogP contribution in [0.25, 0.3) is 0 Å². The molecule has 0 aromatic rings. The van der Waals surface area contributed by atoms with E-state index < -0.39 is 91.5 Å². The van der Waals surface area contributed by atoms with Gasteiger partial charge in [0.05, 0.1) is 26.4 Å². The van der Waals surface area contributed by atoms with E-state index in [2.05, 4.69) is 118 Å². The lowest BCUT2D eigenvalue weighted by molar-refractivity contribution is -0.161. The third-order valence-electron chi connectivity index (χ3n) is 15.8. The van der Waals surface area contributed by atoms with Gasteiger partial charge in [-0.15, -0.1) is 0 Å². The van der Waals surface area contributed by atoms with Crippen LogP contribution in [0.5, 0.6) is 0 Å². The number of phosphoric acid groups is 2. The van der Waals surface area contributed by atoms with Crippen molar-refractivity contribution in [3.8, 4) is 0 Å². The second kappa shape index (κ2) is 70.3. The van der Waals surface area contributed by atoms with Crippen molar-refractivity contribution in [3.05, 3.63) is 97.2 Å². The first-order valence-electron chi connectivity index (χ1n) is 37.5. The smallest absolute Gasteiger partial charge is 0.463 e. The number of allylic oxidation sites excluding steroid dienone is 16. The number of aliphatic hydroxyl groups excluding tert-OH is 2. The maximum absolute atomic E-state index is 13.0. The minimum Gasteiger partial charge on any atom is -0.463 e. The molecular weight excluding hydrogens is 1240 g/mol. The van der Waals surface area contributed by atoms with Crippen LogP contribution in [0.2, 0.25) is 0 Å². The Labute approximate surface area is 578 Å². The molecule has 0 amide bonds. The van der Waals surface area contributed by atoms with Crippen LogP contribution >= 0.6 is 15.6 Å². The molecule has 0 aromatic heterocycles. The monoisotopic (exact) mass is 1380 g/mol. The Balaban J connectivity index is 4.65. The van der Waals surface area contributed by atoms with Crippen molar-refractivity contribution in [1.82, 2.24) is 0 Å². The summed E-state index contributed by atoms with van der Waals surface area (Å²) in [6.45, 7) is 2.62. The van der Waals surface area contributed by atoms with E-state index in [1.165, 1.54) is 116 Å². The second-order valence-corrected chi connectivity index (χ2v) is 28.0. The third kappa shape index (κ3) is 71.6. The Morgan fingerprint density at radius 1 is 0.295 bits per heavy atom. The van der Waals surface area contributed by atoms with E-state index in [9.17, 15) is 43.5 Å². The molecular formula is C77H136O16P2. The number of carbonyl (C=O) groups is 3. The van der Waals surface area contributed by atoms with Crippen LogP contribution in [0.4, 0.5) is 0 Å². The number of esters is 3. The Bertz CT molecular complexity index is 2120. The van der Waals surface area contributed by atoms with Crippen LogP contribution in [0.1, 0.15) is 316 Å². The zero-order valence-electron chi connectivity index (χ0n) is 59.8. The predicted molar refractivity (Wildman–Crippen MR) is 390 cm³/mol. The zero-order valence-corrected chi connectivity index (χ0v) is 61.6. The molecule has 0 heterocycles. The van der Waals surface area contributed by atoms with Crippen molar-refractivity contribution in [2.75, 3.05) is 39.6 Å². The van der Waals surface area contributed by atoms with E-state index in [1.54, 1.807) is 0 Å². The van der Waals surface area contributed by atoms with Crippen molar-refractivity contribution < 1.29 is 75.8 Å². The topological polar surface area (TPSA) is 231 Å². The number of hydrogen-bond donors (Lipinski definition) is 4. The fourth-order valence-electron chi connectivity index (χ4n) is 10.0. The summed E-state index contributed by atoms with van der Waals surface area (Å²) in [5.41, 5.74) is 0. The van der Waals surface area contributed by atoms with Crippen LogP contribution in [-0.2, 0) is 55.8 Å². The van der Waals surface area contributed by atoms with Gasteiger partial charge in [0.15, 0.2) is 6.10 Å². The van der Waals surface area contributed by atoms with E-state index in [0.29, 0.717) is 19.3 Å². The molecule has 0 saturated carbocycles. The Morgan fingerprint density at radius 2 is 0.526 bits per heavy atom. The average molecular weight is 1380 g/mol. The molecule has 0 aliphatic heterocycles. The second-order valence-electron chi connectivity index (χ2n) is 25.1. The molecule has 0 rings (SSSR count). The maximum Gasteiger partial charge on any atom is 0.472 e. The van der Waals surface area contributed by atoms with Gasteiger partial charge in [-0.2, -0.15) is 0 Å². The number of carbonyl (C=O) groups excluding carboxylic acids is 3. The van der Waals surface area contributed by atoms with Crippen molar-refractivity contribution in [2.45, 2.75) is 334 Å². The summed E-state index contributed by atoms with van der Waals surface area (Å²) in [4.78, 5) is 58.6. The number of aliphatic hydroxyl groups is 2. The standard InChI is InChI=1S/C77H136O16P2/c1-4-7-10-13-16-19-22-25-28-30-32-34-35-37-39-40-43-45-48-51-54-57-60-63-75(80)87-66-72(78)67-89-94(83,84)90-68-73(79)69-91-95(85,86)92-71-74(93-77(82)65-62-59-56-53-50-47-42-27-24-21-18-15-12-9-6-3)70-88-76(81)64-61-58-55-52-49-46-44-41-38-36-33-31-29-26-23-20-17-14-11-8-5-2/h16-17,19-20,25-26,28-29,32-34,36-37,39,41,44,72-74,78-79H,4-15,18,21-24,27,30-31,35,38,40,42-43,45-71H2,1-3H3,(H,83,84)(H,85,86)/b19-16-,20-17-,28-25-,29-26-,34-32-,36-33-,39-37-,44-41-. The minimum absolute atomic E-state index is 0.103. The maximum atomic E-state index is 13.0. The van der Waals surface area contributed by atoms with Crippen LogP contribution in [-0.4, -0.2) is 95.9 Å². The molecule has 0 saturated heterocycles. The van der Waals surface area contributed by atoms with E-state index >= 15 is 0 Å². The summed E-state index contributed by atoms with van der Waals surface area (Å²) in [6.07, 6.45) is 78.7. The van der Waals surface area contributed by atoms with Gasteiger partial charge < -0.3 is 34.2 Å². The number of unbranched alkanes of at least 4 members (excludes halogenated alkanes) is 32. The minimum atomic E-state index is -4.93. The van der Waals surface area contributed by atoms with Crippen molar-refractivity contribution >= 4 is 33.6 Å². The van der Waals surface area contributed by atoms with Gasteiger partial charge in [-0.05, 0) is 109 Å². The van der Waals surface area contributed by atoms with Crippen LogP contribution in [0, 0.1) is 0 Å². The van der Waals surface area contributed by atoms with Gasteiger partial charge in [-0.3, -0.25) is 32.5 Å². The summed E-state index contributed by atoms with van der Waals surface area (Å²) in [6, 6.07) is 0. The van der Waals surface area contributed by atoms with Gasteiger partial charge in [-0.1, -0.05) is 285 Å². The summed E-state index contributed by atoms with van der Waals surface area (Å²) in [5, 5.41) is 20.6. The summed E-state index contributed by atoms with van der Waals surface area (Å²) in [5.74, 6) is -1.59. The largest absolute Gasteiger partial charge is 0.472 e. The Hall–Kier alpha value is -3.53.